The first-order chi connectivity index (χ1) is 12.7. The van der Waals surface area contributed by atoms with Crippen molar-refractivity contribution in [2.24, 2.45) is 4.99 Å². The SMILES string of the molecule is COc1ccc(NC(=NCCNC(=O)c2ccco2)NC#N)cc1OC. The number of amides is 1. The van der Waals surface area contributed by atoms with Crippen LogP contribution >= 0.6 is 0 Å². The quantitative estimate of drug-likeness (QED) is 0.226. The summed E-state index contributed by atoms with van der Waals surface area (Å²) in [5.74, 6) is 1.28. The van der Waals surface area contributed by atoms with Crippen molar-refractivity contribution in [1.29, 1.82) is 5.26 Å². The maximum atomic E-state index is 11.7. The molecule has 0 saturated carbocycles. The van der Waals surface area contributed by atoms with Crippen LogP contribution in [0.5, 0.6) is 11.5 Å². The molecule has 0 fully saturated rings. The Morgan fingerprint density at radius 1 is 1.27 bits per heavy atom. The van der Waals surface area contributed by atoms with Gasteiger partial charge >= 0.3 is 0 Å². The fourth-order valence-corrected chi connectivity index (χ4v) is 2.05. The highest BCUT2D eigenvalue weighted by atomic mass is 16.5. The first kappa shape index (κ1) is 18.7. The Hall–Kier alpha value is -3.67. The Kier molecular flexibility index (Phi) is 6.88. The number of methoxy groups -OCH3 is 2. The molecule has 0 aliphatic heterocycles. The molecule has 0 radical (unpaired) electrons. The van der Waals surface area contributed by atoms with E-state index in [-0.39, 0.29) is 30.7 Å². The second kappa shape index (κ2) is 9.58. The lowest BCUT2D eigenvalue weighted by Crippen LogP contribution is -2.30. The van der Waals surface area contributed by atoms with Crippen LogP contribution in [-0.4, -0.2) is 39.2 Å². The van der Waals surface area contributed by atoms with Gasteiger partial charge in [-0.2, -0.15) is 5.26 Å². The van der Waals surface area contributed by atoms with Gasteiger partial charge in [-0.1, -0.05) is 0 Å². The molecule has 0 spiro atoms. The Bertz CT molecular complexity index is 796. The van der Waals surface area contributed by atoms with Crippen LogP contribution in [0.2, 0.25) is 0 Å². The van der Waals surface area contributed by atoms with Crippen molar-refractivity contribution in [2.75, 3.05) is 32.6 Å². The molecule has 0 aliphatic carbocycles. The van der Waals surface area contributed by atoms with Gasteiger partial charge in [0.1, 0.15) is 0 Å². The van der Waals surface area contributed by atoms with Crippen LogP contribution in [0.1, 0.15) is 10.6 Å². The van der Waals surface area contributed by atoms with Crippen molar-refractivity contribution in [3.8, 4) is 17.7 Å². The predicted octanol–water partition coefficient (Wildman–Crippen LogP) is 1.57. The normalized spacial score (nSPS) is 10.6. The van der Waals surface area contributed by atoms with Gasteiger partial charge in [0.25, 0.3) is 5.91 Å². The number of benzene rings is 1. The molecule has 2 aromatic rings. The number of nitrogens with zero attached hydrogens (tertiary/aromatic N) is 2. The van der Waals surface area contributed by atoms with Crippen LogP contribution in [0.25, 0.3) is 0 Å². The fraction of sp³-hybridized carbons (Fsp3) is 0.235. The minimum absolute atomic E-state index is 0.229. The fourth-order valence-electron chi connectivity index (χ4n) is 2.05. The van der Waals surface area contributed by atoms with Gasteiger partial charge in [-0.05, 0) is 24.3 Å². The molecule has 136 valence electrons. The molecule has 26 heavy (non-hydrogen) atoms. The van der Waals surface area contributed by atoms with Crippen LogP contribution in [0, 0.1) is 11.5 Å². The smallest absolute Gasteiger partial charge is 0.287 e. The Labute approximate surface area is 150 Å². The van der Waals surface area contributed by atoms with Gasteiger partial charge in [0.2, 0.25) is 5.96 Å². The molecule has 1 heterocycles. The lowest BCUT2D eigenvalue weighted by Gasteiger charge is -2.12. The molecular formula is C17H19N5O4. The third kappa shape index (κ3) is 5.17. The zero-order valence-corrected chi connectivity index (χ0v) is 14.4. The van der Waals surface area contributed by atoms with Crippen LogP contribution < -0.4 is 25.4 Å². The number of anilines is 1. The average molecular weight is 357 g/mol. The van der Waals surface area contributed by atoms with E-state index >= 15 is 0 Å². The number of carbonyl (C=O) groups is 1. The highest BCUT2D eigenvalue weighted by Crippen LogP contribution is 2.29. The molecule has 0 bridgehead atoms. The summed E-state index contributed by atoms with van der Waals surface area (Å²) < 4.78 is 15.4. The van der Waals surface area contributed by atoms with Gasteiger partial charge in [-0.3, -0.25) is 15.1 Å². The second-order valence-electron chi connectivity index (χ2n) is 4.90. The van der Waals surface area contributed by atoms with Crippen LogP contribution in [0.4, 0.5) is 5.69 Å². The zero-order valence-electron chi connectivity index (χ0n) is 14.4. The molecule has 9 heteroatoms. The lowest BCUT2D eigenvalue weighted by molar-refractivity contribution is 0.0927. The topological polar surface area (TPSA) is 121 Å². The molecule has 0 atom stereocenters. The second-order valence-corrected chi connectivity index (χ2v) is 4.90. The number of carbonyl (C=O) groups excluding carboxylic acids is 1. The van der Waals surface area contributed by atoms with Crippen molar-refractivity contribution in [1.82, 2.24) is 10.6 Å². The van der Waals surface area contributed by atoms with Crippen LogP contribution in [-0.2, 0) is 0 Å². The first-order valence-electron chi connectivity index (χ1n) is 7.68. The average Bonchev–Trinajstić information content (AvgIpc) is 3.20. The van der Waals surface area contributed by atoms with E-state index < -0.39 is 0 Å². The van der Waals surface area contributed by atoms with E-state index in [0.29, 0.717) is 17.2 Å². The van der Waals surface area contributed by atoms with Crippen LogP contribution in [0.3, 0.4) is 0 Å². The van der Waals surface area contributed by atoms with E-state index in [1.54, 1.807) is 37.4 Å². The molecule has 0 saturated heterocycles. The predicted molar refractivity (Wildman–Crippen MR) is 95.3 cm³/mol. The molecule has 1 aromatic carbocycles. The van der Waals surface area contributed by atoms with Crippen molar-refractivity contribution in [3.05, 3.63) is 42.4 Å². The molecule has 3 N–H and O–H groups in total. The van der Waals surface area contributed by atoms with Gasteiger partial charge in [-0.25, -0.2) is 0 Å². The summed E-state index contributed by atoms with van der Waals surface area (Å²) in [5, 5.41) is 16.9. The molecule has 0 unspecified atom stereocenters. The van der Waals surface area contributed by atoms with Gasteiger partial charge in [-0.15, -0.1) is 0 Å². The van der Waals surface area contributed by atoms with Crippen molar-refractivity contribution in [2.45, 2.75) is 0 Å². The number of aliphatic imine (C=N–C) groups is 1. The van der Waals surface area contributed by atoms with Gasteiger partial charge in [0.15, 0.2) is 23.5 Å². The zero-order chi connectivity index (χ0) is 18.8. The Balaban J connectivity index is 1.94. The third-order valence-corrected chi connectivity index (χ3v) is 3.23. The number of guanidine groups is 1. The van der Waals surface area contributed by atoms with Gasteiger partial charge < -0.3 is 24.5 Å². The van der Waals surface area contributed by atoms with Gasteiger partial charge in [0, 0.05) is 18.3 Å². The third-order valence-electron chi connectivity index (χ3n) is 3.23. The number of hydrogen-bond acceptors (Lipinski definition) is 6. The molecule has 1 aromatic heterocycles. The summed E-state index contributed by atoms with van der Waals surface area (Å²) in [6.45, 7) is 0.542. The van der Waals surface area contributed by atoms with Crippen molar-refractivity contribution < 1.29 is 18.7 Å². The molecule has 2 rings (SSSR count). The first-order valence-corrected chi connectivity index (χ1v) is 7.68. The van der Waals surface area contributed by atoms with Crippen LogP contribution in [0.15, 0.2) is 46.0 Å². The molecular weight excluding hydrogens is 338 g/mol. The summed E-state index contributed by atoms with van der Waals surface area (Å²) in [6.07, 6.45) is 3.24. The number of furan rings is 1. The van der Waals surface area contributed by atoms with E-state index in [9.17, 15) is 4.79 Å². The Morgan fingerprint density at radius 3 is 2.73 bits per heavy atom. The minimum Gasteiger partial charge on any atom is -0.493 e. The van der Waals surface area contributed by atoms with E-state index in [1.807, 2.05) is 6.19 Å². The number of ether oxygens (including phenoxy) is 2. The van der Waals surface area contributed by atoms with E-state index in [2.05, 4.69) is 20.9 Å². The van der Waals surface area contributed by atoms with E-state index in [0.717, 1.165) is 0 Å². The van der Waals surface area contributed by atoms with Gasteiger partial charge in [0.05, 0.1) is 27.0 Å². The molecule has 1 amide bonds. The summed E-state index contributed by atoms with van der Waals surface area (Å²) in [5.41, 5.74) is 0.656. The summed E-state index contributed by atoms with van der Waals surface area (Å²) in [7, 11) is 3.08. The highest BCUT2D eigenvalue weighted by Gasteiger charge is 2.08. The maximum Gasteiger partial charge on any atom is 0.287 e. The summed E-state index contributed by atoms with van der Waals surface area (Å²) >= 11 is 0. The standard InChI is InChI=1S/C17H19N5O4/c1-24-13-6-5-12(10-15(13)25-2)22-17(21-11-18)20-8-7-19-16(23)14-4-3-9-26-14/h3-6,9-10H,7-8H2,1-2H3,(H,19,23)(H2,20,21,22). The summed E-state index contributed by atoms with van der Waals surface area (Å²) in [4.78, 5) is 16.0. The Morgan fingerprint density at radius 2 is 2.08 bits per heavy atom. The minimum atomic E-state index is -0.326. The number of hydrogen-bond donors (Lipinski definition) is 3. The molecule has 0 aliphatic rings. The number of nitrogens with one attached hydrogen (secondary N) is 3. The van der Waals surface area contributed by atoms with E-state index in [1.165, 1.54) is 13.4 Å². The van der Waals surface area contributed by atoms with Crippen molar-refractivity contribution >= 4 is 17.6 Å². The summed E-state index contributed by atoms with van der Waals surface area (Å²) in [6, 6.07) is 8.41. The van der Waals surface area contributed by atoms with Crippen molar-refractivity contribution in [3.63, 3.8) is 0 Å². The number of rotatable bonds is 7. The monoisotopic (exact) mass is 357 g/mol. The largest absolute Gasteiger partial charge is 0.493 e. The van der Waals surface area contributed by atoms with E-state index in [4.69, 9.17) is 19.2 Å². The molecule has 9 nitrogen and oxygen atoms in total. The number of nitriles is 1. The maximum absolute atomic E-state index is 11.7. The lowest BCUT2D eigenvalue weighted by atomic mass is 10.3. The highest BCUT2D eigenvalue weighted by molar-refractivity contribution is 5.95.